The molecule has 2 aromatic rings. The van der Waals surface area contributed by atoms with Gasteiger partial charge in [-0.05, 0) is 48.7 Å². The molecule has 1 aliphatic heterocycles. The maximum Gasteiger partial charge on any atom is 0.164 e. The molecule has 1 atom stereocenters. The fourth-order valence-electron chi connectivity index (χ4n) is 3.08. The number of ether oxygens (including phenoxy) is 2. The summed E-state index contributed by atoms with van der Waals surface area (Å²) < 4.78 is 11.3. The number of fused-ring (bicyclic) bond motifs is 1. The maximum absolute atomic E-state index is 6.40. The van der Waals surface area contributed by atoms with Gasteiger partial charge in [0.05, 0.1) is 19.8 Å². The van der Waals surface area contributed by atoms with Gasteiger partial charge in [-0.2, -0.15) is 0 Å². The monoisotopic (exact) mass is 351 g/mol. The van der Waals surface area contributed by atoms with Crippen molar-refractivity contribution in [3.8, 4) is 11.5 Å². The van der Waals surface area contributed by atoms with Gasteiger partial charge < -0.3 is 14.8 Å². The van der Waals surface area contributed by atoms with E-state index < -0.39 is 0 Å². The highest BCUT2D eigenvalue weighted by Gasteiger charge is 2.27. The first kappa shape index (κ1) is 16.4. The highest BCUT2D eigenvalue weighted by atomic mass is 35.5. The molecular formula is C18H19Cl2NO2. The summed E-state index contributed by atoms with van der Waals surface area (Å²) in [5, 5.41) is 4.91. The van der Waals surface area contributed by atoms with E-state index in [0.29, 0.717) is 16.7 Å². The number of hydrogen-bond donors (Lipinski definition) is 1. The zero-order chi connectivity index (χ0) is 16.4. The van der Waals surface area contributed by atoms with Crippen molar-refractivity contribution in [2.75, 3.05) is 20.3 Å². The highest BCUT2D eigenvalue weighted by Crippen LogP contribution is 2.41. The van der Waals surface area contributed by atoms with Crippen LogP contribution in [-0.4, -0.2) is 20.3 Å². The van der Waals surface area contributed by atoms with Crippen molar-refractivity contribution in [3.05, 3.63) is 57.1 Å². The van der Waals surface area contributed by atoms with Crippen LogP contribution in [0.25, 0.3) is 0 Å². The third-order valence-electron chi connectivity index (χ3n) is 4.07. The molecule has 0 radical (unpaired) electrons. The third-order valence-corrected chi connectivity index (χ3v) is 4.65. The fraction of sp³-hybridized carbons (Fsp3) is 0.333. The van der Waals surface area contributed by atoms with Crippen molar-refractivity contribution in [2.45, 2.75) is 19.4 Å². The average Bonchev–Trinajstić information content (AvgIpc) is 2.57. The van der Waals surface area contributed by atoms with E-state index in [1.807, 2.05) is 25.1 Å². The summed E-state index contributed by atoms with van der Waals surface area (Å²) in [6.07, 6.45) is 0.885. The lowest BCUT2D eigenvalue weighted by Crippen LogP contribution is -2.31. The highest BCUT2D eigenvalue weighted by molar-refractivity contribution is 6.33. The minimum atomic E-state index is -0.00457. The molecule has 5 heteroatoms. The summed E-state index contributed by atoms with van der Waals surface area (Å²) in [6, 6.07) is 9.57. The van der Waals surface area contributed by atoms with Gasteiger partial charge in [0, 0.05) is 22.2 Å². The SMILES string of the molecule is CCOc1c(OC)ccc2c1CCNC2c1cc(Cl)ccc1Cl. The molecule has 3 nitrogen and oxygen atoms in total. The van der Waals surface area contributed by atoms with Gasteiger partial charge in [-0.1, -0.05) is 29.3 Å². The lowest BCUT2D eigenvalue weighted by atomic mass is 9.89. The number of methoxy groups -OCH3 is 1. The molecule has 1 unspecified atom stereocenters. The lowest BCUT2D eigenvalue weighted by molar-refractivity contribution is 0.305. The first-order chi connectivity index (χ1) is 11.2. The molecule has 0 bridgehead atoms. The van der Waals surface area contributed by atoms with Crippen molar-refractivity contribution in [1.82, 2.24) is 5.32 Å². The second-order valence-electron chi connectivity index (χ2n) is 5.40. The zero-order valence-electron chi connectivity index (χ0n) is 13.2. The molecule has 0 amide bonds. The Morgan fingerprint density at radius 3 is 2.74 bits per heavy atom. The van der Waals surface area contributed by atoms with Crippen LogP contribution in [0.5, 0.6) is 11.5 Å². The van der Waals surface area contributed by atoms with Gasteiger partial charge in [0.25, 0.3) is 0 Å². The smallest absolute Gasteiger partial charge is 0.164 e. The van der Waals surface area contributed by atoms with Crippen LogP contribution >= 0.6 is 23.2 Å². The van der Waals surface area contributed by atoms with Crippen LogP contribution in [0, 0.1) is 0 Å². The van der Waals surface area contributed by atoms with E-state index in [0.717, 1.165) is 35.6 Å². The largest absolute Gasteiger partial charge is 0.493 e. The Balaban J connectivity index is 2.12. The van der Waals surface area contributed by atoms with Crippen molar-refractivity contribution < 1.29 is 9.47 Å². The Labute approximate surface area is 146 Å². The fourth-order valence-corrected chi connectivity index (χ4v) is 3.49. The maximum atomic E-state index is 6.40. The molecule has 0 spiro atoms. The van der Waals surface area contributed by atoms with Gasteiger partial charge in [0.2, 0.25) is 0 Å². The predicted molar refractivity (Wildman–Crippen MR) is 94.2 cm³/mol. The van der Waals surface area contributed by atoms with E-state index in [-0.39, 0.29) is 6.04 Å². The van der Waals surface area contributed by atoms with Gasteiger partial charge in [0.1, 0.15) is 0 Å². The number of rotatable bonds is 4. The van der Waals surface area contributed by atoms with Gasteiger partial charge in [-0.15, -0.1) is 0 Å². The standard InChI is InChI=1S/C18H19Cl2NO2/c1-3-23-18-13-8-9-21-17(12(13)5-7-16(18)22-2)14-10-11(19)4-6-15(14)20/h4-7,10,17,21H,3,8-9H2,1-2H3. The Morgan fingerprint density at radius 1 is 1.17 bits per heavy atom. The predicted octanol–water partition coefficient (Wildman–Crippen LogP) is 4.64. The van der Waals surface area contributed by atoms with Crippen LogP contribution in [0.2, 0.25) is 10.0 Å². The Bertz CT molecular complexity index is 718. The topological polar surface area (TPSA) is 30.5 Å². The van der Waals surface area contributed by atoms with Gasteiger partial charge in [0.15, 0.2) is 11.5 Å². The van der Waals surface area contributed by atoms with Gasteiger partial charge in [-0.25, -0.2) is 0 Å². The summed E-state index contributed by atoms with van der Waals surface area (Å²) >= 11 is 12.6. The first-order valence-electron chi connectivity index (χ1n) is 7.66. The van der Waals surface area contributed by atoms with Crippen LogP contribution in [0.15, 0.2) is 30.3 Å². The van der Waals surface area contributed by atoms with Crippen LogP contribution in [0.3, 0.4) is 0 Å². The van der Waals surface area contributed by atoms with E-state index >= 15 is 0 Å². The van der Waals surface area contributed by atoms with Gasteiger partial charge >= 0.3 is 0 Å². The molecular weight excluding hydrogens is 333 g/mol. The normalized spacial score (nSPS) is 16.8. The summed E-state index contributed by atoms with van der Waals surface area (Å²) in [6.45, 7) is 3.42. The summed E-state index contributed by atoms with van der Waals surface area (Å²) in [5.74, 6) is 1.60. The average molecular weight is 352 g/mol. The molecule has 23 heavy (non-hydrogen) atoms. The van der Waals surface area contributed by atoms with E-state index in [4.69, 9.17) is 32.7 Å². The van der Waals surface area contributed by atoms with E-state index in [1.165, 1.54) is 5.56 Å². The summed E-state index contributed by atoms with van der Waals surface area (Å²) in [5.41, 5.74) is 3.31. The minimum Gasteiger partial charge on any atom is -0.493 e. The Hall–Kier alpha value is -1.42. The minimum absolute atomic E-state index is 0.00457. The van der Waals surface area contributed by atoms with E-state index in [2.05, 4.69) is 11.4 Å². The third kappa shape index (κ3) is 3.14. The molecule has 3 rings (SSSR count). The van der Waals surface area contributed by atoms with Crippen molar-refractivity contribution in [1.29, 1.82) is 0 Å². The second-order valence-corrected chi connectivity index (χ2v) is 6.24. The number of benzene rings is 2. The van der Waals surface area contributed by atoms with Crippen LogP contribution in [-0.2, 0) is 6.42 Å². The van der Waals surface area contributed by atoms with Crippen molar-refractivity contribution >= 4 is 23.2 Å². The molecule has 0 aromatic heterocycles. The summed E-state index contributed by atoms with van der Waals surface area (Å²) in [7, 11) is 1.66. The first-order valence-corrected chi connectivity index (χ1v) is 8.42. The van der Waals surface area contributed by atoms with E-state index in [1.54, 1.807) is 13.2 Å². The molecule has 1 aliphatic rings. The molecule has 2 aromatic carbocycles. The van der Waals surface area contributed by atoms with Crippen molar-refractivity contribution in [2.24, 2.45) is 0 Å². The Kier molecular flexibility index (Phi) is 5.00. The molecule has 0 saturated carbocycles. The number of halogens is 2. The number of hydrogen-bond acceptors (Lipinski definition) is 3. The molecule has 1 heterocycles. The van der Waals surface area contributed by atoms with Crippen LogP contribution < -0.4 is 14.8 Å². The molecule has 0 fully saturated rings. The molecule has 1 N–H and O–H groups in total. The molecule has 0 saturated heterocycles. The van der Waals surface area contributed by atoms with Gasteiger partial charge in [-0.3, -0.25) is 0 Å². The Morgan fingerprint density at radius 2 is 2.00 bits per heavy atom. The quantitative estimate of drug-likeness (QED) is 0.870. The summed E-state index contributed by atoms with van der Waals surface area (Å²) in [4.78, 5) is 0. The van der Waals surface area contributed by atoms with Crippen LogP contribution in [0.4, 0.5) is 0 Å². The van der Waals surface area contributed by atoms with Crippen LogP contribution in [0.1, 0.15) is 29.7 Å². The molecule has 0 aliphatic carbocycles. The zero-order valence-corrected chi connectivity index (χ0v) is 14.7. The number of nitrogens with one attached hydrogen (secondary N) is 1. The second kappa shape index (κ2) is 7.00. The van der Waals surface area contributed by atoms with Crippen molar-refractivity contribution in [3.63, 3.8) is 0 Å². The lowest BCUT2D eigenvalue weighted by Gasteiger charge is -2.30. The molecule has 122 valence electrons. The van der Waals surface area contributed by atoms with E-state index in [9.17, 15) is 0 Å².